The Morgan fingerprint density at radius 3 is 2.62 bits per heavy atom. The molecular weight excluding hydrogens is 393 g/mol. The molecule has 0 bridgehead atoms. The smallest absolute Gasteiger partial charge is 0.254 e. The average molecular weight is 409 g/mol. The third-order valence-corrected chi connectivity index (χ3v) is 5.21. The number of rotatable bonds is 6. The Hall–Kier alpha value is -3.52. The standard InChI is InChI=1S/C21H16FN3O3S/c22-15-6-2-1-5-14(15)20(27)24-12-19(26)23-11-13-9-10-17(28-13)21-25-16-7-3-4-8-18(16)29-21/h1-10H,11-12H2,(H,23,26)(H,24,27). The normalized spacial score (nSPS) is 10.8. The molecule has 146 valence electrons. The van der Waals surface area contributed by atoms with Gasteiger partial charge in [0.2, 0.25) is 5.91 Å². The molecule has 29 heavy (non-hydrogen) atoms. The molecule has 0 aliphatic heterocycles. The van der Waals surface area contributed by atoms with Gasteiger partial charge in [0, 0.05) is 0 Å². The van der Waals surface area contributed by atoms with Gasteiger partial charge in [0.1, 0.15) is 11.6 Å². The summed E-state index contributed by atoms with van der Waals surface area (Å²) in [5.41, 5.74) is 0.802. The predicted octanol–water partition coefficient (Wildman–Crippen LogP) is 3.74. The van der Waals surface area contributed by atoms with E-state index in [9.17, 15) is 14.0 Å². The minimum atomic E-state index is -0.644. The summed E-state index contributed by atoms with van der Waals surface area (Å²) in [5.74, 6) is -0.498. The number of carbonyl (C=O) groups is 2. The van der Waals surface area contributed by atoms with Crippen LogP contribution in [0.5, 0.6) is 0 Å². The Bertz CT molecular complexity index is 1150. The van der Waals surface area contributed by atoms with Crippen LogP contribution in [0.2, 0.25) is 0 Å². The van der Waals surface area contributed by atoms with E-state index in [-0.39, 0.29) is 18.7 Å². The number of para-hydroxylation sites is 1. The highest BCUT2D eigenvalue weighted by atomic mass is 32.1. The van der Waals surface area contributed by atoms with Gasteiger partial charge < -0.3 is 15.1 Å². The van der Waals surface area contributed by atoms with E-state index in [1.54, 1.807) is 18.2 Å². The summed E-state index contributed by atoms with van der Waals surface area (Å²) in [7, 11) is 0. The van der Waals surface area contributed by atoms with Crippen molar-refractivity contribution in [1.29, 1.82) is 0 Å². The van der Waals surface area contributed by atoms with E-state index in [4.69, 9.17) is 4.42 Å². The molecule has 0 aliphatic rings. The second-order valence-corrected chi connectivity index (χ2v) is 7.22. The number of amides is 2. The van der Waals surface area contributed by atoms with Crippen LogP contribution < -0.4 is 10.6 Å². The molecule has 2 heterocycles. The fourth-order valence-electron chi connectivity index (χ4n) is 2.71. The van der Waals surface area contributed by atoms with Gasteiger partial charge in [0.25, 0.3) is 5.91 Å². The fraction of sp³-hybridized carbons (Fsp3) is 0.0952. The molecule has 0 saturated heterocycles. The SMILES string of the molecule is O=C(CNC(=O)c1ccccc1F)NCc1ccc(-c2nc3ccccc3s2)o1. The summed E-state index contributed by atoms with van der Waals surface area (Å²) in [6.07, 6.45) is 0. The van der Waals surface area contributed by atoms with Crippen molar-refractivity contribution < 1.29 is 18.4 Å². The summed E-state index contributed by atoms with van der Waals surface area (Å²) in [6.45, 7) is -0.0993. The molecule has 4 aromatic rings. The molecule has 4 rings (SSSR count). The highest BCUT2D eigenvalue weighted by Gasteiger charge is 2.13. The minimum absolute atomic E-state index is 0.105. The van der Waals surface area contributed by atoms with Gasteiger partial charge in [-0.3, -0.25) is 9.59 Å². The van der Waals surface area contributed by atoms with Crippen molar-refractivity contribution in [3.63, 3.8) is 0 Å². The van der Waals surface area contributed by atoms with Crippen molar-refractivity contribution in [3.05, 3.63) is 77.8 Å². The van der Waals surface area contributed by atoms with Crippen LogP contribution in [0.25, 0.3) is 21.0 Å². The van der Waals surface area contributed by atoms with Gasteiger partial charge in [-0.05, 0) is 36.4 Å². The zero-order chi connectivity index (χ0) is 20.2. The number of nitrogens with one attached hydrogen (secondary N) is 2. The molecular formula is C21H16FN3O3S. The van der Waals surface area contributed by atoms with E-state index in [0.717, 1.165) is 15.2 Å². The van der Waals surface area contributed by atoms with Crippen LogP contribution in [-0.4, -0.2) is 23.3 Å². The first kappa shape index (κ1) is 18.8. The first-order chi connectivity index (χ1) is 14.1. The Morgan fingerprint density at radius 1 is 1.00 bits per heavy atom. The number of furan rings is 1. The lowest BCUT2D eigenvalue weighted by Crippen LogP contribution is -2.36. The van der Waals surface area contributed by atoms with Crippen LogP contribution in [-0.2, 0) is 11.3 Å². The number of hydrogen-bond donors (Lipinski definition) is 2. The van der Waals surface area contributed by atoms with Crippen molar-refractivity contribution in [2.75, 3.05) is 6.54 Å². The lowest BCUT2D eigenvalue weighted by molar-refractivity contribution is -0.120. The molecule has 0 spiro atoms. The Labute approximate surface area is 169 Å². The zero-order valence-electron chi connectivity index (χ0n) is 15.1. The molecule has 6 nitrogen and oxygen atoms in total. The van der Waals surface area contributed by atoms with Crippen LogP contribution in [0, 0.1) is 5.82 Å². The van der Waals surface area contributed by atoms with Gasteiger partial charge in [-0.25, -0.2) is 9.37 Å². The third kappa shape index (κ3) is 4.33. The van der Waals surface area contributed by atoms with Crippen LogP contribution in [0.1, 0.15) is 16.1 Å². The van der Waals surface area contributed by atoms with Crippen molar-refractivity contribution in [2.45, 2.75) is 6.54 Å². The number of carbonyl (C=O) groups excluding carboxylic acids is 2. The minimum Gasteiger partial charge on any atom is -0.457 e. The fourth-order valence-corrected chi connectivity index (χ4v) is 3.64. The van der Waals surface area contributed by atoms with Crippen molar-refractivity contribution in [2.24, 2.45) is 0 Å². The Balaban J connectivity index is 1.31. The van der Waals surface area contributed by atoms with E-state index < -0.39 is 17.6 Å². The summed E-state index contributed by atoms with van der Waals surface area (Å²) in [4.78, 5) is 28.4. The molecule has 8 heteroatoms. The van der Waals surface area contributed by atoms with E-state index >= 15 is 0 Å². The Morgan fingerprint density at radius 2 is 1.79 bits per heavy atom. The summed E-state index contributed by atoms with van der Waals surface area (Å²) >= 11 is 1.53. The van der Waals surface area contributed by atoms with Gasteiger partial charge >= 0.3 is 0 Å². The van der Waals surface area contributed by atoms with Gasteiger partial charge in [-0.2, -0.15) is 0 Å². The number of aromatic nitrogens is 1. The highest BCUT2D eigenvalue weighted by Crippen LogP contribution is 2.31. The number of benzene rings is 2. The molecule has 0 unspecified atom stereocenters. The maximum atomic E-state index is 13.6. The number of fused-ring (bicyclic) bond motifs is 1. The topological polar surface area (TPSA) is 84.2 Å². The lowest BCUT2D eigenvalue weighted by atomic mass is 10.2. The van der Waals surface area contributed by atoms with Crippen LogP contribution >= 0.6 is 11.3 Å². The maximum absolute atomic E-state index is 13.6. The molecule has 2 amide bonds. The van der Waals surface area contributed by atoms with Crippen LogP contribution in [0.15, 0.2) is 65.1 Å². The maximum Gasteiger partial charge on any atom is 0.254 e. The van der Waals surface area contributed by atoms with Gasteiger partial charge in [0.15, 0.2) is 10.8 Å². The van der Waals surface area contributed by atoms with Gasteiger partial charge in [0.05, 0.1) is 28.9 Å². The van der Waals surface area contributed by atoms with E-state index in [2.05, 4.69) is 15.6 Å². The summed E-state index contributed by atoms with van der Waals surface area (Å²) in [6, 6.07) is 17.0. The number of hydrogen-bond acceptors (Lipinski definition) is 5. The number of thiazole rings is 1. The molecule has 0 radical (unpaired) electrons. The molecule has 2 aromatic heterocycles. The monoisotopic (exact) mass is 409 g/mol. The summed E-state index contributed by atoms with van der Waals surface area (Å²) in [5, 5.41) is 5.81. The largest absolute Gasteiger partial charge is 0.457 e. The first-order valence-electron chi connectivity index (χ1n) is 8.84. The van der Waals surface area contributed by atoms with Gasteiger partial charge in [-0.15, -0.1) is 11.3 Å². The second-order valence-electron chi connectivity index (χ2n) is 6.19. The number of nitrogens with zero attached hydrogens (tertiary/aromatic N) is 1. The van der Waals surface area contributed by atoms with E-state index in [1.165, 1.54) is 29.5 Å². The average Bonchev–Trinajstić information content (AvgIpc) is 3.37. The van der Waals surface area contributed by atoms with E-state index in [1.807, 2.05) is 24.3 Å². The second kappa shape index (κ2) is 8.24. The Kier molecular flexibility index (Phi) is 5.35. The molecule has 0 aliphatic carbocycles. The highest BCUT2D eigenvalue weighted by molar-refractivity contribution is 7.21. The molecule has 0 atom stereocenters. The quantitative estimate of drug-likeness (QED) is 0.508. The van der Waals surface area contributed by atoms with Crippen molar-refractivity contribution in [1.82, 2.24) is 15.6 Å². The third-order valence-electron chi connectivity index (χ3n) is 4.15. The van der Waals surface area contributed by atoms with Crippen LogP contribution in [0.3, 0.4) is 0 Å². The van der Waals surface area contributed by atoms with Crippen LogP contribution in [0.4, 0.5) is 4.39 Å². The van der Waals surface area contributed by atoms with Crippen molar-refractivity contribution >= 4 is 33.4 Å². The zero-order valence-corrected chi connectivity index (χ0v) is 16.0. The number of halogens is 1. The molecule has 2 aromatic carbocycles. The van der Waals surface area contributed by atoms with Gasteiger partial charge in [-0.1, -0.05) is 24.3 Å². The lowest BCUT2D eigenvalue weighted by Gasteiger charge is -2.06. The molecule has 0 fully saturated rings. The summed E-state index contributed by atoms with van der Waals surface area (Å²) < 4.78 is 20.4. The predicted molar refractivity (Wildman–Crippen MR) is 108 cm³/mol. The molecule has 0 saturated carbocycles. The van der Waals surface area contributed by atoms with Crippen molar-refractivity contribution in [3.8, 4) is 10.8 Å². The van der Waals surface area contributed by atoms with E-state index in [0.29, 0.717) is 11.5 Å². The first-order valence-corrected chi connectivity index (χ1v) is 9.66. The molecule has 2 N–H and O–H groups in total.